The molecule has 5 nitrogen and oxygen atoms in total. The van der Waals surface area contributed by atoms with Gasteiger partial charge in [0.2, 0.25) is 0 Å². The Bertz CT molecular complexity index is 416. The summed E-state index contributed by atoms with van der Waals surface area (Å²) in [7, 11) is 1.64. The Morgan fingerprint density at radius 3 is 2.35 bits per heavy atom. The van der Waals surface area contributed by atoms with Crippen LogP contribution in [0.1, 0.15) is 20.8 Å². The summed E-state index contributed by atoms with van der Waals surface area (Å²) >= 11 is 0. The van der Waals surface area contributed by atoms with Gasteiger partial charge in [-0.3, -0.25) is 4.99 Å². The first-order chi connectivity index (χ1) is 9.51. The van der Waals surface area contributed by atoms with Gasteiger partial charge >= 0.3 is 0 Å². The first-order valence-electron chi connectivity index (χ1n) is 6.85. The van der Waals surface area contributed by atoms with E-state index in [2.05, 4.69) is 24.2 Å². The smallest absolute Gasteiger partial charge is 0.188 e. The molecule has 3 N–H and O–H groups in total. The van der Waals surface area contributed by atoms with Crippen LogP contribution < -0.4 is 20.5 Å². The van der Waals surface area contributed by atoms with Crippen LogP contribution in [0.3, 0.4) is 0 Å². The lowest BCUT2D eigenvalue weighted by atomic mass is 10.2. The van der Waals surface area contributed by atoms with Gasteiger partial charge in [-0.25, -0.2) is 0 Å². The van der Waals surface area contributed by atoms with Crippen molar-refractivity contribution < 1.29 is 9.47 Å². The van der Waals surface area contributed by atoms with Crippen LogP contribution in [0.15, 0.2) is 29.3 Å². The molecule has 1 rings (SSSR count). The van der Waals surface area contributed by atoms with Crippen LogP contribution in [0.2, 0.25) is 0 Å². The molecule has 0 bridgehead atoms. The summed E-state index contributed by atoms with van der Waals surface area (Å²) in [5.74, 6) is 2.58. The molecule has 0 aliphatic carbocycles. The molecule has 1 atom stereocenters. The molecule has 0 aromatic heterocycles. The molecule has 1 unspecified atom stereocenters. The number of nitrogens with one attached hydrogen (secondary N) is 1. The quantitative estimate of drug-likeness (QED) is 0.592. The van der Waals surface area contributed by atoms with Crippen LogP contribution in [0.5, 0.6) is 11.5 Å². The topological polar surface area (TPSA) is 68.9 Å². The molecule has 0 fully saturated rings. The van der Waals surface area contributed by atoms with E-state index in [0.29, 0.717) is 18.4 Å². The van der Waals surface area contributed by atoms with Crippen molar-refractivity contribution in [2.24, 2.45) is 16.6 Å². The third-order valence-electron chi connectivity index (χ3n) is 2.59. The molecule has 0 saturated carbocycles. The van der Waals surface area contributed by atoms with E-state index in [9.17, 15) is 0 Å². The van der Waals surface area contributed by atoms with E-state index in [-0.39, 0.29) is 6.10 Å². The summed E-state index contributed by atoms with van der Waals surface area (Å²) in [6.07, 6.45) is -0.00352. The summed E-state index contributed by atoms with van der Waals surface area (Å²) < 4.78 is 10.9. The molecule has 0 amide bonds. The molecule has 112 valence electrons. The van der Waals surface area contributed by atoms with Gasteiger partial charge in [0, 0.05) is 6.54 Å². The number of nitrogens with zero attached hydrogens (tertiary/aromatic N) is 1. The van der Waals surface area contributed by atoms with Crippen LogP contribution in [0.4, 0.5) is 0 Å². The predicted molar refractivity (Wildman–Crippen MR) is 82.4 cm³/mol. The van der Waals surface area contributed by atoms with Gasteiger partial charge in [-0.05, 0) is 37.1 Å². The maximum absolute atomic E-state index is 5.77. The van der Waals surface area contributed by atoms with Crippen molar-refractivity contribution in [1.29, 1.82) is 0 Å². The van der Waals surface area contributed by atoms with E-state index in [1.807, 2.05) is 31.2 Å². The number of guanidine groups is 1. The minimum absolute atomic E-state index is 0.00352. The minimum atomic E-state index is -0.00352. The molecule has 0 aliphatic rings. The van der Waals surface area contributed by atoms with Crippen LogP contribution in [-0.4, -0.2) is 32.3 Å². The maximum Gasteiger partial charge on any atom is 0.188 e. The van der Waals surface area contributed by atoms with E-state index in [4.69, 9.17) is 15.2 Å². The monoisotopic (exact) mass is 279 g/mol. The molecular formula is C15H25N3O2. The van der Waals surface area contributed by atoms with Gasteiger partial charge in [-0.15, -0.1) is 0 Å². The molecule has 1 aromatic carbocycles. The Labute approximate surface area is 121 Å². The zero-order valence-electron chi connectivity index (χ0n) is 12.7. The van der Waals surface area contributed by atoms with Crippen molar-refractivity contribution in [2.45, 2.75) is 26.9 Å². The average molecular weight is 279 g/mol. The van der Waals surface area contributed by atoms with E-state index in [1.165, 1.54) is 0 Å². The number of methoxy groups -OCH3 is 1. The lowest BCUT2D eigenvalue weighted by Crippen LogP contribution is -2.38. The highest BCUT2D eigenvalue weighted by Crippen LogP contribution is 2.17. The Kier molecular flexibility index (Phi) is 6.70. The van der Waals surface area contributed by atoms with Crippen molar-refractivity contribution in [3.63, 3.8) is 0 Å². The molecular weight excluding hydrogens is 254 g/mol. The van der Waals surface area contributed by atoms with Gasteiger partial charge in [0.1, 0.15) is 17.6 Å². The number of benzene rings is 1. The van der Waals surface area contributed by atoms with E-state index >= 15 is 0 Å². The fraction of sp³-hybridized carbons (Fsp3) is 0.533. The highest BCUT2D eigenvalue weighted by atomic mass is 16.5. The number of rotatable bonds is 7. The zero-order valence-corrected chi connectivity index (χ0v) is 12.7. The lowest BCUT2D eigenvalue weighted by molar-refractivity contribution is 0.224. The second-order valence-corrected chi connectivity index (χ2v) is 5.10. The fourth-order valence-corrected chi connectivity index (χ4v) is 1.51. The molecule has 0 aliphatic heterocycles. The largest absolute Gasteiger partial charge is 0.497 e. The van der Waals surface area contributed by atoms with Gasteiger partial charge in [-0.1, -0.05) is 13.8 Å². The first-order valence-corrected chi connectivity index (χ1v) is 6.85. The molecule has 1 aromatic rings. The normalized spacial score (nSPS) is 13.2. The second-order valence-electron chi connectivity index (χ2n) is 5.10. The van der Waals surface area contributed by atoms with Crippen molar-refractivity contribution >= 4 is 5.96 Å². The Morgan fingerprint density at radius 2 is 1.80 bits per heavy atom. The van der Waals surface area contributed by atoms with Crippen molar-refractivity contribution in [3.8, 4) is 11.5 Å². The number of hydrogen-bond acceptors (Lipinski definition) is 3. The first kappa shape index (κ1) is 16.1. The Hall–Kier alpha value is -1.91. The summed E-state index contributed by atoms with van der Waals surface area (Å²) in [5, 5.41) is 3.06. The summed E-state index contributed by atoms with van der Waals surface area (Å²) in [5.41, 5.74) is 5.77. The summed E-state index contributed by atoms with van der Waals surface area (Å²) in [6, 6.07) is 7.50. The van der Waals surface area contributed by atoms with Crippen molar-refractivity contribution in [2.75, 3.05) is 20.2 Å². The zero-order chi connectivity index (χ0) is 15.0. The van der Waals surface area contributed by atoms with Crippen LogP contribution in [-0.2, 0) is 0 Å². The molecule has 0 saturated heterocycles. The maximum atomic E-state index is 5.77. The molecule has 0 spiro atoms. The Morgan fingerprint density at radius 1 is 1.20 bits per heavy atom. The number of nitrogens with two attached hydrogens (primary N) is 1. The Balaban J connectivity index is 2.35. The molecule has 5 heteroatoms. The van der Waals surface area contributed by atoms with Gasteiger partial charge in [-0.2, -0.15) is 0 Å². The number of aliphatic imine (C=N–C) groups is 1. The van der Waals surface area contributed by atoms with Crippen molar-refractivity contribution in [1.82, 2.24) is 5.32 Å². The third-order valence-corrected chi connectivity index (χ3v) is 2.59. The summed E-state index contributed by atoms with van der Waals surface area (Å²) in [6.45, 7) is 7.53. The van der Waals surface area contributed by atoms with Gasteiger partial charge in [0.25, 0.3) is 0 Å². The van der Waals surface area contributed by atoms with Crippen molar-refractivity contribution in [3.05, 3.63) is 24.3 Å². The average Bonchev–Trinajstić information content (AvgIpc) is 2.43. The van der Waals surface area contributed by atoms with E-state index in [0.717, 1.165) is 18.0 Å². The van der Waals surface area contributed by atoms with Gasteiger partial charge < -0.3 is 20.5 Å². The van der Waals surface area contributed by atoms with Gasteiger partial charge in [0.05, 0.1) is 13.7 Å². The standard InChI is InChI=1S/C15H25N3O2/c1-11(2)9-17-15(16)18-10-12(3)20-14-7-5-13(19-4)6-8-14/h5-8,11-12H,9-10H2,1-4H3,(H3,16,17,18). The minimum Gasteiger partial charge on any atom is -0.497 e. The van der Waals surface area contributed by atoms with Crippen LogP contribution in [0, 0.1) is 5.92 Å². The molecule has 20 heavy (non-hydrogen) atoms. The highest BCUT2D eigenvalue weighted by Gasteiger charge is 2.05. The van der Waals surface area contributed by atoms with Crippen LogP contribution in [0.25, 0.3) is 0 Å². The summed E-state index contributed by atoms with van der Waals surface area (Å²) in [4.78, 5) is 4.24. The van der Waals surface area contributed by atoms with Gasteiger partial charge in [0.15, 0.2) is 5.96 Å². The van der Waals surface area contributed by atoms with Crippen LogP contribution >= 0.6 is 0 Å². The fourth-order valence-electron chi connectivity index (χ4n) is 1.51. The molecule has 0 radical (unpaired) electrons. The number of ether oxygens (including phenoxy) is 2. The third kappa shape index (κ3) is 6.31. The highest BCUT2D eigenvalue weighted by molar-refractivity contribution is 5.77. The van der Waals surface area contributed by atoms with E-state index < -0.39 is 0 Å². The lowest BCUT2D eigenvalue weighted by Gasteiger charge is -2.16. The second kappa shape index (κ2) is 8.30. The van der Waals surface area contributed by atoms with E-state index in [1.54, 1.807) is 7.11 Å². The molecule has 0 heterocycles. The predicted octanol–water partition coefficient (Wildman–Crippen LogP) is 2.02. The SMILES string of the molecule is COc1ccc(OC(C)CNC(N)=NCC(C)C)cc1. The number of hydrogen-bond donors (Lipinski definition) is 2.